The molecule has 7 nitrogen and oxygen atoms in total. The molecule has 1 spiro atoms. The molecule has 1 atom stereocenters. The van der Waals surface area contributed by atoms with E-state index in [-0.39, 0.29) is 23.6 Å². The Morgan fingerprint density at radius 1 is 1.03 bits per heavy atom. The van der Waals surface area contributed by atoms with Crippen molar-refractivity contribution in [2.45, 2.75) is 51.6 Å². The highest BCUT2D eigenvalue weighted by Gasteiger charge is 2.53. The van der Waals surface area contributed by atoms with Gasteiger partial charge in [0, 0.05) is 31.4 Å². The van der Waals surface area contributed by atoms with Crippen LogP contribution in [0.1, 0.15) is 49.5 Å². The lowest BCUT2D eigenvalue weighted by atomic mass is 9.85. The fraction of sp³-hybridized carbons (Fsp3) is 0.464. The number of likely N-dealkylation sites (N-methyl/N-ethyl adjacent to an activating group) is 1. The second kappa shape index (κ2) is 10.1. The van der Waals surface area contributed by atoms with Gasteiger partial charge in [-0.25, -0.2) is 0 Å². The largest absolute Gasteiger partial charge is 0.341 e. The molecule has 186 valence electrons. The predicted octanol–water partition coefficient (Wildman–Crippen LogP) is 3.30. The number of para-hydroxylation sites is 1. The first-order valence-electron chi connectivity index (χ1n) is 12.5. The summed E-state index contributed by atoms with van der Waals surface area (Å²) in [5.41, 5.74) is 2.04. The Kier molecular flexibility index (Phi) is 7.15. The second-order valence-electron chi connectivity index (χ2n) is 10.0. The van der Waals surface area contributed by atoms with Crippen LogP contribution in [0.25, 0.3) is 0 Å². The lowest BCUT2D eigenvalue weighted by molar-refractivity contribution is -0.139. The molecule has 2 heterocycles. The Labute approximate surface area is 208 Å². The van der Waals surface area contributed by atoms with E-state index < -0.39 is 11.6 Å². The number of likely N-dealkylation sites (tertiary alicyclic amines) is 1. The van der Waals surface area contributed by atoms with E-state index >= 15 is 0 Å². The number of aryl methyl sites for hydroxylation is 1. The van der Waals surface area contributed by atoms with Crippen molar-refractivity contribution in [3.63, 3.8) is 0 Å². The molecule has 35 heavy (non-hydrogen) atoms. The van der Waals surface area contributed by atoms with Crippen molar-refractivity contribution < 1.29 is 14.4 Å². The predicted molar refractivity (Wildman–Crippen MR) is 137 cm³/mol. The van der Waals surface area contributed by atoms with Gasteiger partial charge in [0.1, 0.15) is 11.6 Å². The van der Waals surface area contributed by atoms with Gasteiger partial charge in [-0.15, -0.1) is 0 Å². The first kappa shape index (κ1) is 24.8. The molecule has 3 amide bonds. The van der Waals surface area contributed by atoms with Gasteiger partial charge < -0.3 is 20.0 Å². The van der Waals surface area contributed by atoms with E-state index in [1.54, 1.807) is 11.0 Å². The summed E-state index contributed by atoms with van der Waals surface area (Å²) < 4.78 is 0. The molecule has 2 aromatic rings. The summed E-state index contributed by atoms with van der Waals surface area (Å²) in [4.78, 5) is 45.5. The molecule has 1 N–H and O–H groups in total. The average molecular weight is 477 g/mol. The van der Waals surface area contributed by atoms with Crippen molar-refractivity contribution in [3.05, 3.63) is 65.7 Å². The van der Waals surface area contributed by atoms with Crippen LogP contribution in [0, 0.1) is 5.92 Å². The summed E-state index contributed by atoms with van der Waals surface area (Å²) in [6.45, 7) is 7.44. The third-order valence-electron chi connectivity index (χ3n) is 7.40. The molecule has 0 radical (unpaired) electrons. The van der Waals surface area contributed by atoms with Crippen molar-refractivity contribution in [3.8, 4) is 0 Å². The zero-order chi connectivity index (χ0) is 25.2. The number of amides is 3. The van der Waals surface area contributed by atoms with Gasteiger partial charge in [0.25, 0.3) is 5.91 Å². The van der Waals surface area contributed by atoms with Crippen LogP contribution in [-0.2, 0) is 16.0 Å². The third kappa shape index (κ3) is 4.77. The molecule has 2 aliphatic heterocycles. The van der Waals surface area contributed by atoms with Crippen molar-refractivity contribution in [1.29, 1.82) is 0 Å². The minimum absolute atomic E-state index is 0.0586. The molecule has 0 aliphatic carbocycles. The van der Waals surface area contributed by atoms with Crippen molar-refractivity contribution in [2.75, 3.05) is 31.7 Å². The lowest BCUT2D eigenvalue weighted by Gasteiger charge is -2.44. The molecule has 0 saturated carbocycles. The van der Waals surface area contributed by atoms with Gasteiger partial charge in [0.2, 0.25) is 11.8 Å². The molecule has 2 aromatic carbocycles. The van der Waals surface area contributed by atoms with Crippen molar-refractivity contribution >= 4 is 23.4 Å². The van der Waals surface area contributed by atoms with E-state index in [0.717, 1.165) is 17.7 Å². The maximum atomic E-state index is 13.5. The van der Waals surface area contributed by atoms with Crippen LogP contribution >= 0.6 is 0 Å². The lowest BCUT2D eigenvalue weighted by Crippen LogP contribution is -2.60. The van der Waals surface area contributed by atoms with Crippen LogP contribution in [0.2, 0.25) is 0 Å². The quantitative estimate of drug-likeness (QED) is 0.694. The van der Waals surface area contributed by atoms with Crippen molar-refractivity contribution in [2.24, 2.45) is 5.92 Å². The van der Waals surface area contributed by atoms with Crippen LogP contribution in [0.5, 0.6) is 0 Å². The van der Waals surface area contributed by atoms with Crippen LogP contribution < -0.4 is 10.2 Å². The maximum absolute atomic E-state index is 13.5. The summed E-state index contributed by atoms with van der Waals surface area (Å²) >= 11 is 0. The van der Waals surface area contributed by atoms with Gasteiger partial charge in [-0.2, -0.15) is 0 Å². The number of benzene rings is 2. The van der Waals surface area contributed by atoms with Gasteiger partial charge in [0.15, 0.2) is 0 Å². The Morgan fingerprint density at radius 2 is 1.71 bits per heavy atom. The number of nitrogens with zero attached hydrogens (tertiary/aromatic N) is 3. The Bertz CT molecular complexity index is 1080. The number of carbonyl (C=O) groups is 3. The van der Waals surface area contributed by atoms with Gasteiger partial charge in [-0.1, -0.05) is 51.1 Å². The smallest absolute Gasteiger partial charge is 0.251 e. The number of hydrogen-bond acceptors (Lipinski definition) is 4. The van der Waals surface area contributed by atoms with E-state index in [9.17, 15) is 14.4 Å². The maximum Gasteiger partial charge on any atom is 0.251 e. The molecular formula is C28H36N4O3. The monoisotopic (exact) mass is 476 g/mol. The fourth-order valence-corrected chi connectivity index (χ4v) is 5.27. The van der Waals surface area contributed by atoms with Crippen LogP contribution in [0.4, 0.5) is 5.69 Å². The highest BCUT2D eigenvalue weighted by molar-refractivity contribution is 5.98. The minimum atomic E-state index is -0.635. The van der Waals surface area contributed by atoms with Crippen LogP contribution in [0.3, 0.4) is 0 Å². The van der Waals surface area contributed by atoms with E-state index in [2.05, 4.69) is 10.2 Å². The molecule has 2 fully saturated rings. The Hall–Kier alpha value is -3.35. The Morgan fingerprint density at radius 3 is 2.34 bits per heavy atom. The highest BCUT2D eigenvalue weighted by Crippen LogP contribution is 2.39. The number of anilines is 1. The summed E-state index contributed by atoms with van der Waals surface area (Å²) in [5, 5.41) is 2.98. The summed E-state index contributed by atoms with van der Waals surface area (Å²) in [6.07, 6.45) is 1.97. The summed E-state index contributed by atoms with van der Waals surface area (Å²) in [5.74, 6) is -0.265. The molecule has 0 unspecified atom stereocenters. The highest BCUT2D eigenvalue weighted by atomic mass is 16.2. The first-order valence-corrected chi connectivity index (χ1v) is 12.5. The van der Waals surface area contributed by atoms with E-state index in [0.29, 0.717) is 38.2 Å². The topological polar surface area (TPSA) is 73.0 Å². The molecular weight excluding hydrogens is 440 g/mol. The number of hydrogen-bond donors (Lipinski definition) is 1. The van der Waals surface area contributed by atoms with Gasteiger partial charge in [0.05, 0.1) is 6.67 Å². The van der Waals surface area contributed by atoms with Crippen molar-refractivity contribution in [1.82, 2.24) is 15.1 Å². The minimum Gasteiger partial charge on any atom is -0.341 e. The molecule has 0 bridgehead atoms. The summed E-state index contributed by atoms with van der Waals surface area (Å²) in [6, 6.07) is 16.9. The van der Waals surface area contributed by atoms with Gasteiger partial charge in [-0.05, 0) is 55.0 Å². The molecule has 2 saturated heterocycles. The molecule has 0 aromatic heterocycles. The van der Waals surface area contributed by atoms with Gasteiger partial charge in [-0.3, -0.25) is 14.4 Å². The Balaban J connectivity index is 1.47. The van der Waals surface area contributed by atoms with E-state index in [4.69, 9.17) is 0 Å². The zero-order valence-corrected chi connectivity index (χ0v) is 21.2. The first-order chi connectivity index (χ1) is 16.8. The fourth-order valence-electron chi connectivity index (χ4n) is 5.27. The van der Waals surface area contributed by atoms with Crippen LogP contribution in [0.15, 0.2) is 54.6 Å². The average Bonchev–Trinajstić information content (AvgIpc) is 3.12. The van der Waals surface area contributed by atoms with E-state index in [1.165, 1.54) is 0 Å². The standard InChI is InChI=1S/C28H36N4O3/c1-5-21-10-9-11-22(18-21)25(33)29-24(20(2)3)26(34)31-16-14-28(15-17-31)27(35)30(4)19-32(28)23-12-7-6-8-13-23/h6-13,18,20,24H,5,14-17,19H2,1-4H3,(H,29,33)/t24-/m1/s1. The number of carbonyl (C=O) groups excluding carboxylic acids is 3. The number of rotatable bonds is 6. The van der Waals surface area contributed by atoms with Crippen LogP contribution in [-0.4, -0.2) is 65.9 Å². The third-order valence-corrected chi connectivity index (χ3v) is 7.40. The van der Waals surface area contributed by atoms with E-state index in [1.807, 2.05) is 81.2 Å². The normalized spacial score (nSPS) is 18.3. The molecule has 2 aliphatic rings. The zero-order valence-electron chi connectivity index (χ0n) is 21.2. The number of nitrogens with one attached hydrogen (secondary N) is 1. The van der Waals surface area contributed by atoms with Gasteiger partial charge >= 0.3 is 0 Å². The molecule has 4 rings (SSSR count). The molecule has 7 heteroatoms. The number of piperidine rings is 1. The SMILES string of the molecule is CCc1cccc(C(=O)N[C@@H](C(=O)N2CCC3(CC2)C(=O)N(C)CN3c2ccccc2)C(C)C)c1. The summed E-state index contributed by atoms with van der Waals surface area (Å²) in [7, 11) is 1.84. The second-order valence-corrected chi connectivity index (χ2v) is 10.0.